The molecule has 7 heteroatoms. The maximum Gasteiger partial charge on any atom is 0.119 e. The second-order valence-electron chi connectivity index (χ2n) is 16.5. The number of rotatable bonds is 20. The summed E-state index contributed by atoms with van der Waals surface area (Å²) in [7, 11) is 0. The Bertz CT molecular complexity index is 1760. The molecule has 0 saturated carbocycles. The van der Waals surface area contributed by atoms with Crippen molar-refractivity contribution in [1.82, 2.24) is 0 Å². The van der Waals surface area contributed by atoms with Crippen LogP contribution in [0.3, 0.4) is 0 Å². The first-order valence-corrected chi connectivity index (χ1v) is 19.6. The van der Waals surface area contributed by atoms with Crippen LogP contribution in [0.15, 0.2) is 97.1 Å². The van der Waals surface area contributed by atoms with Crippen molar-refractivity contribution in [3.05, 3.63) is 130 Å². The van der Waals surface area contributed by atoms with Crippen LogP contribution in [0.1, 0.15) is 102 Å². The molecule has 290 valence electrons. The van der Waals surface area contributed by atoms with E-state index in [4.69, 9.17) is 28.4 Å². The van der Waals surface area contributed by atoms with Crippen LogP contribution in [0.5, 0.6) is 11.5 Å². The summed E-state index contributed by atoms with van der Waals surface area (Å²) in [5.41, 5.74) is 5.81. The summed E-state index contributed by atoms with van der Waals surface area (Å²) in [6, 6.07) is 34.0. The highest BCUT2D eigenvalue weighted by atomic mass is 16.6. The van der Waals surface area contributed by atoms with E-state index in [1.165, 1.54) is 22.3 Å². The van der Waals surface area contributed by atoms with E-state index in [0.29, 0.717) is 19.0 Å². The van der Waals surface area contributed by atoms with Crippen molar-refractivity contribution in [3.63, 3.8) is 0 Å². The smallest absolute Gasteiger partial charge is 0.119 e. The first-order valence-electron chi connectivity index (χ1n) is 19.6. The Kier molecular flexibility index (Phi) is 12.3. The van der Waals surface area contributed by atoms with Crippen LogP contribution in [0.25, 0.3) is 0 Å². The van der Waals surface area contributed by atoms with Gasteiger partial charge in [0.1, 0.15) is 43.0 Å². The van der Waals surface area contributed by atoms with Crippen molar-refractivity contribution < 1.29 is 33.5 Å². The Balaban J connectivity index is 1.01. The average Bonchev–Trinajstić information content (AvgIpc) is 4.13. The van der Waals surface area contributed by atoms with E-state index in [9.17, 15) is 5.11 Å². The Morgan fingerprint density at radius 2 is 0.926 bits per heavy atom. The van der Waals surface area contributed by atoms with Crippen molar-refractivity contribution in [1.29, 1.82) is 0 Å². The van der Waals surface area contributed by atoms with Gasteiger partial charge in [-0.1, -0.05) is 114 Å². The second kappa shape index (κ2) is 16.6. The predicted molar refractivity (Wildman–Crippen MR) is 214 cm³/mol. The third kappa shape index (κ3) is 9.55. The number of ether oxygens (including phenoxy) is 6. The molecule has 1 N–H and O–H groups in total. The van der Waals surface area contributed by atoms with E-state index in [-0.39, 0.29) is 41.9 Å². The van der Waals surface area contributed by atoms with Crippen molar-refractivity contribution in [3.8, 4) is 11.5 Å². The molecule has 0 aromatic heterocycles. The van der Waals surface area contributed by atoms with Gasteiger partial charge in [0.15, 0.2) is 0 Å². The number of benzene rings is 4. The molecule has 0 bridgehead atoms. The Labute approximate surface area is 322 Å². The topological polar surface area (TPSA) is 82.2 Å². The number of hydrogen-bond donors (Lipinski definition) is 1. The Morgan fingerprint density at radius 3 is 1.37 bits per heavy atom. The molecule has 0 aliphatic carbocycles. The van der Waals surface area contributed by atoms with Crippen molar-refractivity contribution in [2.75, 3.05) is 39.6 Å². The number of aliphatic hydroxyl groups is 1. The molecule has 3 unspecified atom stereocenters. The standard InChI is InChI=1S/C47H60O7/c1-9-47(10-2,38-17-13-34(14-18-38)45(5,6)36-21-25-41(26-22-36)50-29-42-30-51-42)54-28-39(48)27-49-40-23-19-35(20-24-40)44(3,4)33-11-15-37(16-12-33)46(7,8)53-32-43-31-52-43/h11-26,39,42-43,48H,9-10,27-32H2,1-8H3. The van der Waals surface area contributed by atoms with Gasteiger partial charge < -0.3 is 33.5 Å². The van der Waals surface area contributed by atoms with Gasteiger partial charge in [-0.2, -0.15) is 0 Å². The second-order valence-corrected chi connectivity index (χ2v) is 16.5. The van der Waals surface area contributed by atoms with E-state index in [1.807, 2.05) is 24.3 Å². The largest absolute Gasteiger partial charge is 0.491 e. The van der Waals surface area contributed by atoms with E-state index < -0.39 is 11.7 Å². The zero-order valence-corrected chi connectivity index (χ0v) is 33.5. The van der Waals surface area contributed by atoms with Gasteiger partial charge >= 0.3 is 0 Å². The van der Waals surface area contributed by atoms with Crippen LogP contribution in [0.4, 0.5) is 0 Å². The summed E-state index contributed by atoms with van der Waals surface area (Å²) in [6.45, 7) is 20.6. The lowest BCUT2D eigenvalue weighted by Gasteiger charge is -2.34. The first-order chi connectivity index (χ1) is 25.8. The molecule has 0 radical (unpaired) electrons. The fourth-order valence-corrected chi connectivity index (χ4v) is 7.09. The third-order valence-corrected chi connectivity index (χ3v) is 11.6. The molecular formula is C47H60O7. The van der Waals surface area contributed by atoms with E-state index in [2.05, 4.69) is 128 Å². The molecule has 54 heavy (non-hydrogen) atoms. The Hall–Kier alpha value is -3.72. The number of epoxide rings is 2. The molecule has 2 heterocycles. The molecule has 2 fully saturated rings. The van der Waals surface area contributed by atoms with Gasteiger partial charge in [0.05, 0.1) is 37.6 Å². The maximum atomic E-state index is 11.0. The van der Waals surface area contributed by atoms with Crippen LogP contribution in [-0.2, 0) is 41.0 Å². The van der Waals surface area contributed by atoms with Gasteiger partial charge in [0.25, 0.3) is 0 Å². The van der Waals surface area contributed by atoms with Crippen LogP contribution in [0, 0.1) is 0 Å². The van der Waals surface area contributed by atoms with Crippen LogP contribution >= 0.6 is 0 Å². The van der Waals surface area contributed by atoms with Gasteiger partial charge in [-0.15, -0.1) is 0 Å². The summed E-state index contributed by atoms with van der Waals surface area (Å²) in [5.74, 6) is 1.58. The monoisotopic (exact) mass is 736 g/mol. The maximum absolute atomic E-state index is 11.0. The highest BCUT2D eigenvalue weighted by Gasteiger charge is 2.33. The van der Waals surface area contributed by atoms with Gasteiger partial charge in [0.2, 0.25) is 0 Å². The zero-order valence-electron chi connectivity index (χ0n) is 33.5. The minimum absolute atomic E-state index is 0.143. The fraction of sp³-hybridized carbons (Fsp3) is 0.489. The summed E-state index contributed by atoms with van der Waals surface area (Å²) < 4.78 is 35.1. The van der Waals surface area contributed by atoms with Crippen molar-refractivity contribution >= 4 is 0 Å². The lowest BCUT2D eigenvalue weighted by molar-refractivity contribution is -0.0961. The number of hydrogen-bond acceptors (Lipinski definition) is 7. The molecule has 2 aliphatic heterocycles. The SMILES string of the molecule is CCC(CC)(OCC(O)COc1ccc(C(C)(C)c2ccc(C(C)(C)OCC3CO3)cc2)cc1)c1ccc(C(C)(C)c2ccc(OCC3CO3)cc2)cc1. The molecule has 2 saturated heterocycles. The minimum Gasteiger partial charge on any atom is -0.491 e. The molecule has 0 amide bonds. The average molecular weight is 737 g/mol. The molecule has 2 aliphatic rings. The molecule has 3 atom stereocenters. The molecule has 7 nitrogen and oxygen atoms in total. The molecule has 4 aromatic carbocycles. The fourth-order valence-electron chi connectivity index (χ4n) is 7.09. The van der Waals surface area contributed by atoms with Crippen molar-refractivity contribution in [2.24, 2.45) is 0 Å². The number of aliphatic hydroxyl groups excluding tert-OH is 1. The van der Waals surface area contributed by atoms with Gasteiger partial charge in [-0.25, -0.2) is 0 Å². The predicted octanol–water partition coefficient (Wildman–Crippen LogP) is 9.24. The van der Waals surface area contributed by atoms with E-state index >= 15 is 0 Å². The molecule has 6 rings (SSSR count). The summed E-state index contributed by atoms with van der Waals surface area (Å²) >= 11 is 0. The highest BCUT2D eigenvalue weighted by Crippen LogP contribution is 2.38. The lowest BCUT2D eigenvalue weighted by Crippen LogP contribution is -2.34. The minimum atomic E-state index is -0.774. The molecule has 0 spiro atoms. The Morgan fingerprint density at radius 1 is 0.537 bits per heavy atom. The first kappa shape index (κ1) is 40.0. The van der Waals surface area contributed by atoms with E-state index in [0.717, 1.165) is 42.9 Å². The van der Waals surface area contributed by atoms with Crippen LogP contribution < -0.4 is 9.47 Å². The quantitative estimate of drug-likeness (QED) is 0.0907. The molecule has 4 aromatic rings. The summed E-state index contributed by atoms with van der Waals surface area (Å²) in [4.78, 5) is 0. The van der Waals surface area contributed by atoms with Crippen molar-refractivity contribution in [2.45, 2.75) is 109 Å². The summed E-state index contributed by atoms with van der Waals surface area (Å²) in [5, 5.41) is 11.0. The van der Waals surface area contributed by atoms with Crippen LogP contribution in [-0.4, -0.2) is 63.1 Å². The zero-order chi connectivity index (χ0) is 38.6. The van der Waals surface area contributed by atoms with Gasteiger partial charge in [-0.05, 0) is 84.3 Å². The highest BCUT2D eigenvalue weighted by molar-refractivity contribution is 5.43. The normalized spacial score (nSPS) is 17.9. The van der Waals surface area contributed by atoms with Gasteiger partial charge in [-0.3, -0.25) is 0 Å². The third-order valence-electron chi connectivity index (χ3n) is 11.6. The molecular weight excluding hydrogens is 677 g/mol. The summed E-state index contributed by atoms with van der Waals surface area (Å²) in [6.07, 6.45) is 1.28. The van der Waals surface area contributed by atoms with E-state index in [1.54, 1.807) is 0 Å². The van der Waals surface area contributed by atoms with Gasteiger partial charge in [0, 0.05) is 10.8 Å². The van der Waals surface area contributed by atoms with Crippen LogP contribution in [0.2, 0.25) is 0 Å². The lowest BCUT2D eigenvalue weighted by atomic mass is 9.77.